The zero-order valence-corrected chi connectivity index (χ0v) is 28.1. The van der Waals surface area contributed by atoms with Crippen LogP contribution in [0.25, 0.3) is 0 Å². The van der Waals surface area contributed by atoms with Gasteiger partial charge in [-0.05, 0) is 56.4 Å². The average Bonchev–Trinajstić information content (AvgIpc) is 3.08. The molecule has 0 saturated carbocycles. The van der Waals surface area contributed by atoms with Gasteiger partial charge >= 0.3 is 16.5 Å². The molecule has 4 N–H and O–H groups in total. The number of rotatable bonds is 16. The number of aliphatic hydroxyl groups excluding tert-OH is 4. The molecule has 0 bridgehead atoms. The van der Waals surface area contributed by atoms with E-state index in [-0.39, 0.29) is 36.7 Å². The maximum Gasteiger partial charge on any atom is 0.501 e. The fourth-order valence-corrected chi connectivity index (χ4v) is 5.32. The summed E-state index contributed by atoms with van der Waals surface area (Å²) in [6, 6.07) is 20.9. The van der Waals surface area contributed by atoms with E-state index in [1.54, 1.807) is 0 Å². The highest BCUT2D eigenvalue weighted by Crippen LogP contribution is 2.32. The van der Waals surface area contributed by atoms with Gasteiger partial charge in [-0.3, -0.25) is 4.90 Å². The van der Waals surface area contributed by atoms with Crippen LogP contribution in [0, 0.1) is 0 Å². The third-order valence-corrected chi connectivity index (χ3v) is 8.22. The number of ether oxygens (including phenoxy) is 4. The van der Waals surface area contributed by atoms with E-state index in [9.17, 15) is 33.6 Å². The Kier molecular flexibility index (Phi) is 13.6. The van der Waals surface area contributed by atoms with Crippen LogP contribution in [0.5, 0.6) is 17.2 Å². The Labute approximate surface area is 285 Å². The Morgan fingerprint density at radius 2 is 1.51 bits per heavy atom. The Morgan fingerprint density at radius 3 is 2.16 bits per heavy atom. The van der Waals surface area contributed by atoms with Crippen LogP contribution in [0.2, 0.25) is 0 Å². The first kappa shape index (κ1) is 37.8. The summed E-state index contributed by atoms with van der Waals surface area (Å²) in [6.45, 7) is 2.10. The second-order valence-corrected chi connectivity index (χ2v) is 12.6. The van der Waals surface area contributed by atoms with E-state index in [0.717, 1.165) is 5.56 Å². The topological polar surface area (TPSA) is 194 Å². The van der Waals surface area contributed by atoms with Crippen LogP contribution in [-0.4, -0.2) is 116 Å². The third kappa shape index (κ3) is 11.0. The van der Waals surface area contributed by atoms with Crippen LogP contribution in [0.4, 0.5) is 4.79 Å². The molecule has 0 aromatic heterocycles. The maximum absolute atomic E-state index is 13.0. The summed E-state index contributed by atoms with van der Waals surface area (Å²) in [5.41, 5.74) is 1.53. The Hall–Kier alpha value is -4.00. The van der Waals surface area contributed by atoms with E-state index < -0.39 is 53.8 Å². The minimum atomic E-state index is -4.72. The molecule has 1 saturated heterocycles. The minimum Gasteiger partial charge on any atom is -0.458 e. The number of nitrogens with zero attached hydrogens (tertiary/aromatic N) is 2. The SMILES string of the molecule is CC(OCN(CCN(C)C)C(=O)OCc1ccc(OS(=O)(=O)Oc2ccccc2O[C@@H]2O[C@H](CO)[C@H](O)C(O)[C@H]2O)cc1)c1ccccc1. The first-order chi connectivity index (χ1) is 23.4. The second-order valence-electron chi connectivity index (χ2n) is 11.5. The normalized spacial score (nSPS) is 21.5. The van der Waals surface area contributed by atoms with E-state index >= 15 is 0 Å². The molecule has 1 aliphatic heterocycles. The summed E-state index contributed by atoms with van der Waals surface area (Å²) < 4.78 is 58.0. The molecule has 0 radical (unpaired) electrons. The summed E-state index contributed by atoms with van der Waals surface area (Å²) in [5.74, 6) is -0.627. The van der Waals surface area contributed by atoms with Gasteiger partial charge in [-0.2, -0.15) is 0 Å². The van der Waals surface area contributed by atoms with Crippen molar-refractivity contribution in [2.75, 3.05) is 40.5 Å². The highest BCUT2D eigenvalue weighted by molar-refractivity contribution is 7.82. The smallest absolute Gasteiger partial charge is 0.458 e. The monoisotopic (exact) mass is 706 g/mol. The lowest BCUT2D eigenvalue weighted by Gasteiger charge is -2.39. The lowest BCUT2D eigenvalue weighted by atomic mass is 9.99. The quantitative estimate of drug-likeness (QED) is 0.158. The van der Waals surface area contributed by atoms with Crippen molar-refractivity contribution in [1.29, 1.82) is 0 Å². The van der Waals surface area contributed by atoms with Crippen LogP contribution in [0.15, 0.2) is 78.9 Å². The van der Waals surface area contributed by atoms with Crippen LogP contribution in [0.3, 0.4) is 0 Å². The molecule has 0 aliphatic carbocycles. The van der Waals surface area contributed by atoms with Crippen molar-refractivity contribution in [2.24, 2.45) is 0 Å². The lowest BCUT2D eigenvalue weighted by Crippen LogP contribution is -2.60. The lowest BCUT2D eigenvalue weighted by molar-refractivity contribution is -0.277. The number of para-hydroxylation sites is 2. The number of carbonyl (C=O) groups excluding carboxylic acids is 1. The summed E-state index contributed by atoms with van der Waals surface area (Å²) in [6.07, 6.45) is -8.66. The van der Waals surface area contributed by atoms with E-state index in [2.05, 4.69) is 0 Å². The highest BCUT2D eigenvalue weighted by atomic mass is 32.3. The molecule has 15 nitrogen and oxygen atoms in total. The Morgan fingerprint density at radius 1 is 0.857 bits per heavy atom. The van der Waals surface area contributed by atoms with Crippen molar-refractivity contribution in [3.05, 3.63) is 90.0 Å². The predicted molar refractivity (Wildman–Crippen MR) is 174 cm³/mol. The molecule has 1 fully saturated rings. The van der Waals surface area contributed by atoms with Crippen molar-refractivity contribution in [3.63, 3.8) is 0 Å². The van der Waals surface area contributed by atoms with E-state index in [1.807, 2.05) is 56.3 Å². The van der Waals surface area contributed by atoms with Crippen LogP contribution >= 0.6 is 0 Å². The van der Waals surface area contributed by atoms with Gasteiger partial charge in [0.2, 0.25) is 6.29 Å². The number of aliphatic hydroxyl groups is 4. The van der Waals surface area contributed by atoms with Gasteiger partial charge in [0.15, 0.2) is 11.5 Å². The molecule has 268 valence electrons. The summed E-state index contributed by atoms with van der Waals surface area (Å²) in [4.78, 5) is 16.3. The van der Waals surface area contributed by atoms with Crippen molar-refractivity contribution in [1.82, 2.24) is 9.80 Å². The van der Waals surface area contributed by atoms with Crippen molar-refractivity contribution >= 4 is 16.5 Å². The fourth-order valence-electron chi connectivity index (χ4n) is 4.58. The molecule has 16 heteroatoms. The van der Waals surface area contributed by atoms with Gasteiger partial charge in [0.1, 0.15) is 43.5 Å². The highest BCUT2D eigenvalue weighted by Gasteiger charge is 2.45. The first-order valence-corrected chi connectivity index (χ1v) is 16.7. The molecule has 2 unspecified atom stereocenters. The van der Waals surface area contributed by atoms with Crippen LogP contribution < -0.4 is 13.1 Å². The summed E-state index contributed by atoms with van der Waals surface area (Å²) in [5, 5.41) is 39.7. The molecule has 4 rings (SSSR count). The maximum atomic E-state index is 13.0. The molecular formula is C33H42N2O13S. The number of amides is 1. The van der Waals surface area contributed by atoms with Crippen LogP contribution in [-0.2, 0) is 31.2 Å². The van der Waals surface area contributed by atoms with E-state index in [4.69, 9.17) is 27.3 Å². The van der Waals surface area contributed by atoms with Crippen molar-refractivity contribution in [2.45, 2.75) is 50.3 Å². The zero-order chi connectivity index (χ0) is 35.6. The Bertz CT molecular complexity index is 1570. The average molecular weight is 707 g/mol. The van der Waals surface area contributed by atoms with Gasteiger partial charge in [0.05, 0.1) is 12.7 Å². The Balaban J connectivity index is 1.32. The second kappa shape index (κ2) is 17.6. The molecule has 1 amide bonds. The van der Waals surface area contributed by atoms with E-state index in [1.165, 1.54) is 53.4 Å². The fraction of sp³-hybridized carbons (Fsp3) is 0.424. The van der Waals surface area contributed by atoms with Gasteiger partial charge in [-0.1, -0.05) is 54.6 Å². The molecule has 1 aliphatic rings. The van der Waals surface area contributed by atoms with Gasteiger partial charge < -0.3 is 52.6 Å². The molecule has 1 heterocycles. The molecule has 6 atom stereocenters. The number of hydrogen-bond donors (Lipinski definition) is 4. The van der Waals surface area contributed by atoms with Gasteiger partial charge in [-0.25, -0.2) is 4.79 Å². The molecule has 3 aromatic rings. The number of benzene rings is 3. The van der Waals surface area contributed by atoms with E-state index in [0.29, 0.717) is 18.7 Å². The molecular weight excluding hydrogens is 664 g/mol. The molecule has 3 aromatic carbocycles. The van der Waals surface area contributed by atoms with Crippen molar-refractivity contribution < 1.29 is 61.0 Å². The van der Waals surface area contributed by atoms with Gasteiger partial charge in [0.25, 0.3) is 0 Å². The van der Waals surface area contributed by atoms with Crippen molar-refractivity contribution in [3.8, 4) is 17.2 Å². The third-order valence-electron chi connectivity index (χ3n) is 7.44. The summed E-state index contributed by atoms with van der Waals surface area (Å²) >= 11 is 0. The first-order valence-electron chi connectivity index (χ1n) is 15.4. The summed E-state index contributed by atoms with van der Waals surface area (Å²) in [7, 11) is -0.936. The largest absolute Gasteiger partial charge is 0.501 e. The predicted octanol–water partition coefficient (Wildman–Crippen LogP) is 1.80. The molecule has 49 heavy (non-hydrogen) atoms. The molecule has 0 spiro atoms. The number of carbonyl (C=O) groups is 1. The van der Waals surface area contributed by atoms with Gasteiger partial charge in [-0.15, -0.1) is 8.42 Å². The number of likely N-dealkylation sites (N-methyl/N-ethyl adjacent to an activating group) is 1. The standard InChI is InChI=1S/C33H42N2O13S/c1-22(24-9-5-4-6-10-24)44-21-35(18-17-34(2)3)33(40)43-20-23-13-15-25(16-14-23)47-49(41,42)48-27-12-8-7-11-26(27)45-32-31(39)30(38)29(37)28(19-36)46-32/h4-16,22,28-32,36-39H,17-21H2,1-3H3/t22?,28-,29+,30?,31-,32-/m1/s1. The zero-order valence-electron chi connectivity index (χ0n) is 27.3. The van der Waals surface area contributed by atoms with Crippen LogP contribution in [0.1, 0.15) is 24.2 Å². The number of hydrogen-bond acceptors (Lipinski definition) is 14. The van der Waals surface area contributed by atoms with Gasteiger partial charge in [0, 0.05) is 13.1 Å². The minimum absolute atomic E-state index is 0.0179.